The second-order valence-corrected chi connectivity index (χ2v) is 6.01. The average molecular weight is 207 g/mol. The van der Waals surface area contributed by atoms with Gasteiger partial charge in [-0.2, -0.15) is 5.10 Å². The number of aromatic nitrogens is 3. The van der Waals surface area contributed by atoms with Crippen LogP contribution in [0.2, 0.25) is 0 Å². The molecular weight excluding hydrogens is 186 g/mol. The number of hydrogen-bond acceptors (Lipinski definition) is 2. The maximum atomic E-state index is 4.62. The predicted octanol–water partition coefficient (Wildman–Crippen LogP) is 2.45. The Balaban J connectivity index is 2.16. The topological polar surface area (TPSA) is 30.7 Å². The molecule has 0 fully saturated rings. The van der Waals surface area contributed by atoms with Gasteiger partial charge in [0, 0.05) is 19.4 Å². The summed E-state index contributed by atoms with van der Waals surface area (Å²) in [5, 5.41) is 4.59. The smallest absolute Gasteiger partial charge is 0.151 e. The Morgan fingerprint density at radius 2 is 2.13 bits per heavy atom. The van der Waals surface area contributed by atoms with E-state index < -0.39 is 0 Å². The SMILES string of the molecule is CC1CCc2nc(CC(C)(C)C)nn2C1. The van der Waals surface area contributed by atoms with Crippen LogP contribution in [0.5, 0.6) is 0 Å². The Hall–Kier alpha value is -0.860. The molecular formula is C12H21N3. The minimum absolute atomic E-state index is 0.281. The van der Waals surface area contributed by atoms with Gasteiger partial charge in [-0.15, -0.1) is 0 Å². The number of hydrogen-bond donors (Lipinski definition) is 0. The molecule has 3 heteroatoms. The van der Waals surface area contributed by atoms with E-state index in [0.29, 0.717) is 0 Å². The Labute approximate surface area is 91.9 Å². The third kappa shape index (κ3) is 2.58. The molecule has 3 nitrogen and oxygen atoms in total. The molecule has 0 bridgehead atoms. The molecule has 15 heavy (non-hydrogen) atoms. The average Bonchev–Trinajstić information content (AvgIpc) is 2.42. The lowest BCUT2D eigenvalue weighted by Gasteiger charge is -2.17. The molecule has 1 atom stereocenters. The van der Waals surface area contributed by atoms with Gasteiger partial charge in [0.25, 0.3) is 0 Å². The van der Waals surface area contributed by atoms with Gasteiger partial charge in [-0.1, -0.05) is 27.7 Å². The van der Waals surface area contributed by atoms with Crippen LogP contribution in [0, 0.1) is 11.3 Å². The van der Waals surface area contributed by atoms with Crippen LogP contribution in [-0.2, 0) is 19.4 Å². The van der Waals surface area contributed by atoms with Gasteiger partial charge in [0.2, 0.25) is 0 Å². The summed E-state index contributed by atoms with van der Waals surface area (Å²) in [6, 6.07) is 0. The maximum absolute atomic E-state index is 4.62. The molecule has 0 radical (unpaired) electrons. The molecule has 1 aromatic rings. The molecule has 0 N–H and O–H groups in total. The van der Waals surface area contributed by atoms with Crippen LogP contribution in [-0.4, -0.2) is 14.8 Å². The van der Waals surface area contributed by atoms with Crippen LogP contribution in [0.25, 0.3) is 0 Å². The highest BCUT2D eigenvalue weighted by molar-refractivity contribution is 4.98. The molecule has 2 heterocycles. The Bertz CT molecular complexity index is 346. The molecule has 0 spiro atoms. The lowest BCUT2D eigenvalue weighted by Crippen LogP contribution is -2.19. The third-order valence-corrected chi connectivity index (χ3v) is 2.83. The van der Waals surface area contributed by atoms with Gasteiger partial charge in [-0.3, -0.25) is 0 Å². The van der Waals surface area contributed by atoms with E-state index in [9.17, 15) is 0 Å². The van der Waals surface area contributed by atoms with Gasteiger partial charge in [0.15, 0.2) is 5.82 Å². The van der Waals surface area contributed by atoms with Crippen molar-refractivity contribution in [2.24, 2.45) is 11.3 Å². The van der Waals surface area contributed by atoms with Crippen LogP contribution in [0.4, 0.5) is 0 Å². The van der Waals surface area contributed by atoms with Crippen molar-refractivity contribution >= 4 is 0 Å². The highest BCUT2D eigenvalue weighted by atomic mass is 15.4. The third-order valence-electron chi connectivity index (χ3n) is 2.83. The first kappa shape index (κ1) is 10.7. The first-order valence-electron chi connectivity index (χ1n) is 5.87. The van der Waals surface area contributed by atoms with Gasteiger partial charge in [0.1, 0.15) is 5.82 Å². The van der Waals surface area contributed by atoms with Gasteiger partial charge < -0.3 is 0 Å². The van der Waals surface area contributed by atoms with Crippen molar-refractivity contribution in [2.45, 2.75) is 53.5 Å². The van der Waals surface area contributed by atoms with Crippen LogP contribution in [0.3, 0.4) is 0 Å². The van der Waals surface area contributed by atoms with E-state index in [1.807, 2.05) is 0 Å². The first-order chi connectivity index (χ1) is 6.94. The monoisotopic (exact) mass is 207 g/mol. The van der Waals surface area contributed by atoms with Gasteiger partial charge in [-0.05, 0) is 17.8 Å². The standard InChI is InChI=1S/C12H21N3/c1-9-5-6-11-13-10(7-12(2,3)4)14-15(11)8-9/h9H,5-8H2,1-4H3. The normalized spacial score (nSPS) is 21.5. The van der Waals surface area contributed by atoms with Crippen molar-refractivity contribution in [3.63, 3.8) is 0 Å². The Morgan fingerprint density at radius 1 is 1.40 bits per heavy atom. The summed E-state index contributed by atoms with van der Waals surface area (Å²) in [6.07, 6.45) is 3.33. The van der Waals surface area contributed by atoms with Crippen LogP contribution in [0.15, 0.2) is 0 Å². The highest BCUT2D eigenvalue weighted by Gasteiger charge is 2.21. The lowest BCUT2D eigenvalue weighted by atomic mass is 9.92. The van der Waals surface area contributed by atoms with E-state index in [-0.39, 0.29) is 5.41 Å². The van der Waals surface area contributed by atoms with E-state index in [2.05, 4.69) is 42.5 Å². The number of nitrogens with zero attached hydrogens (tertiary/aromatic N) is 3. The van der Waals surface area contributed by atoms with E-state index in [4.69, 9.17) is 0 Å². The van der Waals surface area contributed by atoms with Crippen molar-refractivity contribution in [2.75, 3.05) is 0 Å². The fraction of sp³-hybridized carbons (Fsp3) is 0.833. The second-order valence-electron chi connectivity index (χ2n) is 6.01. The maximum Gasteiger partial charge on any atom is 0.151 e. The Morgan fingerprint density at radius 3 is 2.80 bits per heavy atom. The van der Waals surface area contributed by atoms with Crippen molar-refractivity contribution in [1.29, 1.82) is 0 Å². The zero-order valence-electron chi connectivity index (χ0n) is 10.2. The second kappa shape index (κ2) is 3.62. The predicted molar refractivity (Wildman–Crippen MR) is 60.7 cm³/mol. The fourth-order valence-electron chi connectivity index (χ4n) is 2.07. The molecule has 1 aliphatic rings. The summed E-state index contributed by atoms with van der Waals surface area (Å²) < 4.78 is 2.11. The van der Waals surface area contributed by atoms with Crippen LogP contribution < -0.4 is 0 Å². The van der Waals surface area contributed by atoms with Crippen LogP contribution in [0.1, 0.15) is 45.8 Å². The van der Waals surface area contributed by atoms with Gasteiger partial charge in [0.05, 0.1) is 0 Å². The van der Waals surface area contributed by atoms with Crippen molar-refractivity contribution in [3.8, 4) is 0 Å². The van der Waals surface area contributed by atoms with Gasteiger partial charge in [-0.25, -0.2) is 9.67 Å². The summed E-state index contributed by atoms with van der Waals surface area (Å²) in [7, 11) is 0. The van der Waals surface area contributed by atoms with Crippen molar-refractivity contribution in [3.05, 3.63) is 11.6 Å². The van der Waals surface area contributed by atoms with Crippen molar-refractivity contribution in [1.82, 2.24) is 14.8 Å². The first-order valence-corrected chi connectivity index (χ1v) is 5.87. The highest BCUT2D eigenvalue weighted by Crippen LogP contribution is 2.22. The minimum Gasteiger partial charge on any atom is -0.250 e. The molecule has 1 aromatic heterocycles. The van der Waals surface area contributed by atoms with E-state index in [1.54, 1.807) is 0 Å². The summed E-state index contributed by atoms with van der Waals surface area (Å²) in [5.74, 6) is 2.96. The molecule has 1 aliphatic heterocycles. The number of fused-ring (bicyclic) bond motifs is 1. The molecule has 0 saturated heterocycles. The molecule has 1 unspecified atom stereocenters. The largest absolute Gasteiger partial charge is 0.250 e. The van der Waals surface area contributed by atoms with E-state index in [1.165, 1.54) is 12.2 Å². The summed E-state index contributed by atoms with van der Waals surface area (Å²) >= 11 is 0. The summed E-state index contributed by atoms with van der Waals surface area (Å²) in [5.41, 5.74) is 0.281. The molecule has 0 aliphatic carbocycles. The molecule has 0 saturated carbocycles. The van der Waals surface area contributed by atoms with Crippen LogP contribution >= 0.6 is 0 Å². The molecule has 0 aromatic carbocycles. The quantitative estimate of drug-likeness (QED) is 0.708. The van der Waals surface area contributed by atoms with E-state index >= 15 is 0 Å². The number of aryl methyl sites for hydroxylation is 1. The summed E-state index contributed by atoms with van der Waals surface area (Å²) in [4.78, 5) is 4.62. The van der Waals surface area contributed by atoms with Crippen molar-refractivity contribution < 1.29 is 0 Å². The zero-order chi connectivity index (χ0) is 11.1. The fourth-order valence-corrected chi connectivity index (χ4v) is 2.07. The van der Waals surface area contributed by atoms with E-state index in [0.717, 1.165) is 31.1 Å². The number of rotatable bonds is 1. The molecule has 2 rings (SSSR count). The minimum atomic E-state index is 0.281. The molecule has 84 valence electrons. The Kier molecular flexibility index (Phi) is 2.57. The zero-order valence-corrected chi connectivity index (χ0v) is 10.2. The lowest BCUT2D eigenvalue weighted by molar-refractivity contribution is 0.363. The van der Waals surface area contributed by atoms with Gasteiger partial charge >= 0.3 is 0 Å². The molecule has 0 amide bonds. The summed E-state index contributed by atoms with van der Waals surface area (Å²) in [6.45, 7) is 10.0.